The number of nitrogens with one attached hydrogen (secondary N) is 1. The van der Waals surface area contributed by atoms with Crippen LogP contribution in [-0.4, -0.2) is 25.0 Å². The van der Waals surface area contributed by atoms with Crippen LogP contribution in [0.3, 0.4) is 0 Å². The highest BCUT2D eigenvalue weighted by Crippen LogP contribution is 2.36. The Morgan fingerprint density at radius 2 is 2.06 bits per heavy atom. The van der Waals surface area contributed by atoms with Gasteiger partial charge in [0.1, 0.15) is 0 Å². The minimum atomic E-state index is -2.67. The number of hydrogen-bond acceptors (Lipinski definition) is 2. The number of nitrogens with zero attached hydrogens (tertiary/aromatic N) is 1. The molecule has 0 saturated carbocycles. The number of urea groups is 1. The maximum absolute atomic E-state index is 12.5. The molecule has 0 saturated heterocycles. The van der Waals surface area contributed by atoms with Gasteiger partial charge in [-0.15, -0.1) is 12.6 Å². The van der Waals surface area contributed by atoms with E-state index in [1.165, 1.54) is 11.0 Å². The molecule has 1 aromatic rings. The Labute approximate surface area is 108 Å². The zero-order chi connectivity index (χ0) is 13.2. The molecule has 0 radical (unpaired) electrons. The molecule has 0 spiro atoms. The first-order valence-corrected chi connectivity index (χ1v) is 5.45. The Hall–Kier alpha value is -1.01. The molecule has 0 bridgehead atoms. The summed E-state index contributed by atoms with van der Waals surface area (Å²) in [6.07, 6.45) is -2.67. The first kappa shape index (κ1) is 14.1. The molecule has 0 fully saturated rings. The second-order valence-electron chi connectivity index (χ2n) is 3.49. The molecule has 3 nitrogen and oxygen atoms in total. The van der Waals surface area contributed by atoms with Gasteiger partial charge in [-0.1, -0.05) is 11.6 Å². The van der Waals surface area contributed by atoms with E-state index in [-0.39, 0.29) is 21.5 Å². The summed E-state index contributed by atoms with van der Waals surface area (Å²) >= 11 is 9.76. The summed E-state index contributed by atoms with van der Waals surface area (Å²) in [6, 6.07) is 2.12. The number of hydrogen-bond donors (Lipinski definition) is 2. The minimum absolute atomic E-state index is 0.125. The van der Waals surface area contributed by atoms with Gasteiger partial charge in [0.2, 0.25) is 0 Å². The van der Waals surface area contributed by atoms with Gasteiger partial charge in [-0.2, -0.15) is 0 Å². The van der Waals surface area contributed by atoms with Crippen LogP contribution in [0.15, 0.2) is 17.0 Å². The van der Waals surface area contributed by atoms with Crippen LogP contribution in [0.1, 0.15) is 12.0 Å². The van der Waals surface area contributed by atoms with Crippen LogP contribution in [0.25, 0.3) is 0 Å². The number of amides is 2. The Balaban J connectivity index is 3.05. The Bertz CT molecular complexity index is 441. The van der Waals surface area contributed by atoms with E-state index in [0.717, 1.165) is 6.07 Å². The average molecular weight is 281 g/mol. The molecule has 7 heteroatoms. The molecule has 1 rings (SSSR count). The Morgan fingerprint density at radius 3 is 2.53 bits per heavy atom. The number of alkyl halides is 2. The maximum Gasteiger partial charge on any atom is 0.321 e. The fourth-order valence-corrected chi connectivity index (χ4v) is 1.58. The molecule has 17 heavy (non-hydrogen) atoms. The molecular weight excluding hydrogens is 270 g/mol. The minimum Gasteiger partial charge on any atom is -0.331 e. The summed E-state index contributed by atoms with van der Waals surface area (Å²) < 4.78 is 25.0. The van der Waals surface area contributed by atoms with Crippen molar-refractivity contribution in [3.8, 4) is 0 Å². The fraction of sp³-hybridized carbons (Fsp3) is 0.300. The molecule has 94 valence electrons. The van der Waals surface area contributed by atoms with Crippen molar-refractivity contribution in [2.75, 3.05) is 19.4 Å². The largest absolute Gasteiger partial charge is 0.331 e. The first-order chi connectivity index (χ1) is 7.84. The number of halogens is 3. The Morgan fingerprint density at radius 1 is 1.47 bits per heavy atom. The van der Waals surface area contributed by atoms with Crippen molar-refractivity contribution >= 4 is 35.9 Å². The lowest BCUT2D eigenvalue weighted by Gasteiger charge is -2.15. The van der Waals surface area contributed by atoms with Crippen LogP contribution in [0, 0.1) is 0 Å². The summed E-state index contributed by atoms with van der Waals surface area (Å²) in [7, 11) is 3.12. The van der Waals surface area contributed by atoms with Crippen LogP contribution < -0.4 is 5.32 Å². The van der Waals surface area contributed by atoms with Gasteiger partial charge in [0.05, 0.1) is 10.7 Å². The number of carbonyl (C=O) groups is 1. The molecule has 0 aliphatic carbocycles. The number of benzene rings is 1. The van der Waals surface area contributed by atoms with Crippen molar-refractivity contribution in [3.05, 3.63) is 22.7 Å². The molecule has 0 aliphatic rings. The third-order valence-electron chi connectivity index (χ3n) is 2.03. The number of anilines is 1. The highest BCUT2D eigenvalue weighted by atomic mass is 35.5. The average Bonchev–Trinajstić information content (AvgIpc) is 2.24. The maximum atomic E-state index is 12.5. The molecule has 0 aromatic heterocycles. The van der Waals surface area contributed by atoms with E-state index in [1.807, 2.05) is 0 Å². The SMILES string of the molecule is CN(C)C(=O)Nc1ccc(C(F)F)c(Cl)c1S. The quantitative estimate of drug-likeness (QED) is 0.796. The smallest absolute Gasteiger partial charge is 0.321 e. The zero-order valence-corrected chi connectivity index (χ0v) is 10.8. The van der Waals surface area contributed by atoms with Crippen molar-refractivity contribution in [1.82, 2.24) is 4.90 Å². The number of thiol groups is 1. The third-order valence-corrected chi connectivity index (χ3v) is 3.03. The van der Waals surface area contributed by atoms with Crippen LogP contribution in [-0.2, 0) is 0 Å². The summed E-state index contributed by atoms with van der Waals surface area (Å²) in [5.74, 6) is 0. The highest BCUT2D eigenvalue weighted by Gasteiger charge is 2.17. The number of carbonyl (C=O) groups excluding carboxylic acids is 1. The van der Waals surface area contributed by atoms with Gasteiger partial charge in [0, 0.05) is 24.6 Å². The topological polar surface area (TPSA) is 32.3 Å². The molecule has 0 atom stereocenters. The third kappa shape index (κ3) is 3.23. The van der Waals surface area contributed by atoms with Gasteiger partial charge in [0.15, 0.2) is 0 Å². The molecule has 1 N–H and O–H groups in total. The van der Waals surface area contributed by atoms with Crippen molar-refractivity contribution in [2.45, 2.75) is 11.3 Å². The summed E-state index contributed by atoms with van der Waals surface area (Å²) in [6.45, 7) is 0. The molecule has 0 heterocycles. The van der Waals surface area contributed by atoms with Crippen molar-refractivity contribution in [1.29, 1.82) is 0 Å². The predicted molar refractivity (Wildman–Crippen MR) is 66.4 cm³/mol. The summed E-state index contributed by atoms with van der Waals surface area (Å²) in [4.78, 5) is 12.8. The lowest BCUT2D eigenvalue weighted by molar-refractivity contribution is 0.151. The predicted octanol–water partition coefficient (Wildman–Crippen LogP) is 3.66. The van der Waals surface area contributed by atoms with Crippen LogP contribution in [0.2, 0.25) is 5.02 Å². The Kier molecular flexibility index (Phi) is 4.59. The second kappa shape index (κ2) is 5.55. The lowest BCUT2D eigenvalue weighted by Crippen LogP contribution is -2.27. The van der Waals surface area contributed by atoms with Gasteiger partial charge in [-0.3, -0.25) is 0 Å². The highest BCUT2D eigenvalue weighted by molar-refractivity contribution is 7.80. The van der Waals surface area contributed by atoms with E-state index in [2.05, 4.69) is 17.9 Å². The van der Waals surface area contributed by atoms with E-state index >= 15 is 0 Å². The molecular formula is C10H11ClF2N2OS. The van der Waals surface area contributed by atoms with Gasteiger partial charge in [-0.25, -0.2) is 13.6 Å². The van der Waals surface area contributed by atoms with Gasteiger partial charge < -0.3 is 10.2 Å². The van der Waals surface area contributed by atoms with Crippen LogP contribution in [0.4, 0.5) is 19.3 Å². The van der Waals surface area contributed by atoms with Crippen LogP contribution >= 0.6 is 24.2 Å². The lowest BCUT2D eigenvalue weighted by atomic mass is 10.2. The van der Waals surface area contributed by atoms with E-state index in [4.69, 9.17) is 11.6 Å². The van der Waals surface area contributed by atoms with E-state index < -0.39 is 6.43 Å². The molecule has 1 aromatic carbocycles. The fourth-order valence-electron chi connectivity index (χ4n) is 1.08. The van der Waals surface area contributed by atoms with Crippen LogP contribution in [0.5, 0.6) is 0 Å². The normalized spacial score (nSPS) is 10.5. The van der Waals surface area contributed by atoms with Crippen molar-refractivity contribution in [3.63, 3.8) is 0 Å². The number of rotatable bonds is 2. The molecule has 0 unspecified atom stereocenters. The second-order valence-corrected chi connectivity index (χ2v) is 4.32. The van der Waals surface area contributed by atoms with E-state index in [0.29, 0.717) is 5.69 Å². The summed E-state index contributed by atoms with van der Waals surface area (Å²) in [5, 5.41) is 2.34. The summed E-state index contributed by atoms with van der Waals surface area (Å²) in [5.41, 5.74) is -0.0130. The monoisotopic (exact) mass is 280 g/mol. The van der Waals surface area contributed by atoms with Gasteiger partial charge in [-0.05, 0) is 12.1 Å². The van der Waals surface area contributed by atoms with E-state index in [1.54, 1.807) is 14.1 Å². The van der Waals surface area contributed by atoms with Gasteiger partial charge >= 0.3 is 6.03 Å². The molecule has 0 aliphatic heterocycles. The zero-order valence-electron chi connectivity index (χ0n) is 9.17. The van der Waals surface area contributed by atoms with Gasteiger partial charge in [0.25, 0.3) is 6.43 Å². The molecule has 2 amide bonds. The first-order valence-electron chi connectivity index (χ1n) is 4.62. The van der Waals surface area contributed by atoms with Crippen molar-refractivity contribution < 1.29 is 13.6 Å². The van der Waals surface area contributed by atoms with E-state index in [9.17, 15) is 13.6 Å². The van der Waals surface area contributed by atoms with Crippen molar-refractivity contribution in [2.24, 2.45) is 0 Å². The standard InChI is InChI=1S/C10H11ClF2N2OS/c1-15(2)10(16)14-6-4-3-5(9(12)13)7(11)8(6)17/h3-4,9,17H,1-2H3,(H,14,16).